The van der Waals surface area contributed by atoms with Gasteiger partial charge in [0.05, 0.1) is 12.1 Å². The van der Waals surface area contributed by atoms with E-state index >= 15 is 0 Å². The Hall–Kier alpha value is -0.760. The highest BCUT2D eigenvalue weighted by atomic mass is 127. The van der Waals surface area contributed by atoms with E-state index in [-0.39, 0.29) is 24.0 Å². The minimum Gasteiger partial charge on any atom is -0.388 e. The van der Waals surface area contributed by atoms with Gasteiger partial charge in [-0.3, -0.25) is 0 Å². The summed E-state index contributed by atoms with van der Waals surface area (Å²) < 4.78 is 2.02. The van der Waals surface area contributed by atoms with Crippen LogP contribution < -0.4 is 10.6 Å². The Balaban J connectivity index is 0.00000200. The number of aromatic nitrogens is 1. The highest BCUT2D eigenvalue weighted by molar-refractivity contribution is 14.0. The molecule has 5 nitrogen and oxygen atoms in total. The van der Waals surface area contributed by atoms with Gasteiger partial charge in [0, 0.05) is 32.5 Å². The summed E-state index contributed by atoms with van der Waals surface area (Å²) in [6, 6.07) is 2.06. The number of rotatable bonds is 5. The Kier molecular flexibility index (Phi) is 6.81. The molecule has 0 radical (unpaired) electrons. The van der Waals surface area contributed by atoms with E-state index in [9.17, 15) is 5.11 Å². The molecule has 20 heavy (non-hydrogen) atoms. The van der Waals surface area contributed by atoms with Gasteiger partial charge in [-0.1, -0.05) is 0 Å². The molecule has 0 saturated heterocycles. The van der Waals surface area contributed by atoms with Gasteiger partial charge in [0.15, 0.2) is 5.96 Å². The van der Waals surface area contributed by atoms with E-state index in [2.05, 4.69) is 27.9 Å². The van der Waals surface area contributed by atoms with Crippen LogP contribution >= 0.6 is 24.0 Å². The van der Waals surface area contributed by atoms with E-state index < -0.39 is 5.60 Å². The first kappa shape index (κ1) is 17.3. The molecule has 0 unspecified atom stereocenters. The second-order valence-corrected chi connectivity index (χ2v) is 5.31. The van der Waals surface area contributed by atoms with E-state index in [4.69, 9.17) is 0 Å². The van der Waals surface area contributed by atoms with Crippen LogP contribution in [-0.2, 0) is 13.6 Å². The van der Waals surface area contributed by atoms with E-state index in [0.717, 1.165) is 31.8 Å². The Bertz CT molecular complexity index is 440. The maximum absolute atomic E-state index is 10.1. The molecule has 1 aromatic heterocycles. The molecule has 0 amide bonds. The molecule has 1 aromatic rings. The third kappa shape index (κ3) is 4.97. The van der Waals surface area contributed by atoms with Crippen molar-refractivity contribution >= 4 is 29.9 Å². The first-order valence-corrected chi connectivity index (χ1v) is 6.97. The maximum Gasteiger partial charge on any atom is 0.191 e. The SMILES string of the molecule is CCNC(=NCc1ccn(C)c1)NCC1(O)CCC1.I. The van der Waals surface area contributed by atoms with E-state index in [0.29, 0.717) is 13.1 Å². The molecule has 0 spiro atoms. The highest BCUT2D eigenvalue weighted by Gasteiger charge is 2.34. The van der Waals surface area contributed by atoms with Crippen LogP contribution in [0.4, 0.5) is 0 Å². The molecule has 6 heteroatoms. The fraction of sp³-hybridized carbons (Fsp3) is 0.643. The molecule has 0 atom stereocenters. The maximum atomic E-state index is 10.1. The van der Waals surface area contributed by atoms with Crippen molar-refractivity contribution in [2.45, 2.75) is 38.3 Å². The monoisotopic (exact) mass is 392 g/mol. The molecule has 1 aliphatic carbocycles. The van der Waals surface area contributed by atoms with Crippen LogP contribution in [0.2, 0.25) is 0 Å². The van der Waals surface area contributed by atoms with Gasteiger partial charge in [-0.05, 0) is 37.8 Å². The first-order chi connectivity index (χ1) is 9.11. The largest absolute Gasteiger partial charge is 0.388 e. The fourth-order valence-electron chi connectivity index (χ4n) is 2.18. The average molecular weight is 392 g/mol. The van der Waals surface area contributed by atoms with Crippen molar-refractivity contribution in [1.82, 2.24) is 15.2 Å². The number of nitrogens with zero attached hydrogens (tertiary/aromatic N) is 2. The van der Waals surface area contributed by atoms with E-state index in [1.807, 2.05) is 24.7 Å². The number of aliphatic imine (C=N–C) groups is 1. The molecule has 1 aliphatic rings. The summed E-state index contributed by atoms with van der Waals surface area (Å²) in [6.45, 7) is 4.08. The van der Waals surface area contributed by atoms with Crippen LogP contribution in [0, 0.1) is 0 Å². The van der Waals surface area contributed by atoms with Gasteiger partial charge in [0.25, 0.3) is 0 Å². The Morgan fingerprint density at radius 1 is 1.45 bits per heavy atom. The molecule has 0 bridgehead atoms. The van der Waals surface area contributed by atoms with Crippen LogP contribution in [0.25, 0.3) is 0 Å². The van der Waals surface area contributed by atoms with Crippen LogP contribution in [-0.4, -0.2) is 34.3 Å². The lowest BCUT2D eigenvalue weighted by atomic mass is 9.80. The lowest BCUT2D eigenvalue weighted by molar-refractivity contribution is -0.0279. The number of hydrogen-bond donors (Lipinski definition) is 3. The van der Waals surface area contributed by atoms with Gasteiger partial charge < -0.3 is 20.3 Å². The zero-order chi connectivity index (χ0) is 13.7. The molecule has 1 saturated carbocycles. The zero-order valence-corrected chi connectivity index (χ0v) is 14.6. The van der Waals surface area contributed by atoms with E-state index in [1.165, 1.54) is 5.56 Å². The van der Waals surface area contributed by atoms with Crippen molar-refractivity contribution in [3.63, 3.8) is 0 Å². The summed E-state index contributed by atoms with van der Waals surface area (Å²) in [7, 11) is 2.00. The third-order valence-electron chi connectivity index (χ3n) is 3.53. The second kappa shape index (κ2) is 7.87. The molecule has 0 aromatic carbocycles. The summed E-state index contributed by atoms with van der Waals surface area (Å²) in [6.07, 6.45) is 6.97. The topological polar surface area (TPSA) is 61.6 Å². The van der Waals surface area contributed by atoms with Gasteiger partial charge in [0.1, 0.15) is 0 Å². The molecule has 0 aliphatic heterocycles. The van der Waals surface area contributed by atoms with Crippen LogP contribution in [0.15, 0.2) is 23.5 Å². The number of aliphatic hydroxyl groups is 1. The summed E-state index contributed by atoms with van der Waals surface area (Å²) in [5.74, 6) is 0.770. The van der Waals surface area contributed by atoms with Crippen molar-refractivity contribution in [1.29, 1.82) is 0 Å². The molecular weight excluding hydrogens is 367 g/mol. The minimum atomic E-state index is -0.525. The number of nitrogens with one attached hydrogen (secondary N) is 2. The van der Waals surface area contributed by atoms with Gasteiger partial charge in [-0.15, -0.1) is 24.0 Å². The lowest BCUT2D eigenvalue weighted by Crippen LogP contribution is -2.50. The Morgan fingerprint density at radius 3 is 2.70 bits per heavy atom. The quantitative estimate of drug-likeness (QED) is 0.406. The Morgan fingerprint density at radius 2 is 2.20 bits per heavy atom. The first-order valence-electron chi connectivity index (χ1n) is 6.97. The van der Waals surface area contributed by atoms with Crippen molar-refractivity contribution in [2.24, 2.45) is 12.0 Å². The van der Waals surface area contributed by atoms with Crippen molar-refractivity contribution in [3.8, 4) is 0 Å². The second-order valence-electron chi connectivity index (χ2n) is 5.31. The van der Waals surface area contributed by atoms with Gasteiger partial charge >= 0.3 is 0 Å². The van der Waals surface area contributed by atoms with Crippen molar-refractivity contribution in [3.05, 3.63) is 24.0 Å². The minimum absolute atomic E-state index is 0. The molecule has 1 fully saturated rings. The van der Waals surface area contributed by atoms with Crippen molar-refractivity contribution < 1.29 is 5.11 Å². The predicted octanol–water partition coefficient (Wildman–Crippen LogP) is 1.61. The standard InChI is InChI=1S/C14H24N4O.HI/c1-3-15-13(17-11-14(19)6-4-7-14)16-9-12-5-8-18(2)10-12;/h5,8,10,19H,3-4,6-7,9,11H2,1-2H3,(H2,15,16,17);1H. The summed E-state index contributed by atoms with van der Waals surface area (Å²) >= 11 is 0. The van der Waals surface area contributed by atoms with E-state index in [1.54, 1.807) is 0 Å². The third-order valence-corrected chi connectivity index (χ3v) is 3.53. The van der Waals surface area contributed by atoms with Gasteiger partial charge in [-0.2, -0.15) is 0 Å². The summed E-state index contributed by atoms with van der Waals surface area (Å²) in [5, 5.41) is 16.5. The number of hydrogen-bond acceptors (Lipinski definition) is 2. The van der Waals surface area contributed by atoms with Gasteiger partial charge in [-0.25, -0.2) is 4.99 Å². The number of halogens is 1. The predicted molar refractivity (Wildman–Crippen MR) is 92.4 cm³/mol. The average Bonchev–Trinajstić information content (AvgIpc) is 2.76. The molecular formula is C14H25IN4O. The van der Waals surface area contributed by atoms with Gasteiger partial charge in [0.2, 0.25) is 0 Å². The zero-order valence-electron chi connectivity index (χ0n) is 12.2. The van der Waals surface area contributed by atoms with Crippen LogP contribution in [0.3, 0.4) is 0 Å². The molecule has 3 N–H and O–H groups in total. The van der Waals surface area contributed by atoms with Crippen molar-refractivity contribution in [2.75, 3.05) is 13.1 Å². The molecule has 1 heterocycles. The smallest absolute Gasteiger partial charge is 0.191 e. The number of aryl methyl sites for hydroxylation is 1. The van der Waals surface area contributed by atoms with Crippen LogP contribution in [0.1, 0.15) is 31.7 Å². The fourth-order valence-corrected chi connectivity index (χ4v) is 2.18. The Labute approximate surface area is 137 Å². The molecule has 2 rings (SSSR count). The van der Waals surface area contributed by atoms with Crippen LogP contribution in [0.5, 0.6) is 0 Å². The number of guanidine groups is 1. The summed E-state index contributed by atoms with van der Waals surface area (Å²) in [4.78, 5) is 4.53. The normalized spacial score (nSPS) is 17.1. The highest BCUT2D eigenvalue weighted by Crippen LogP contribution is 2.30. The lowest BCUT2D eigenvalue weighted by Gasteiger charge is -2.36. The summed E-state index contributed by atoms with van der Waals surface area (Å²) in [5.41, 5.74) is 0.658. The molecule has 114 valence electrons.